The number of rotatable bonds is 3. The van der Waals surface area contributed by atoms with Crippen molar-refractivity contribution in [3.05, 3.63) is 54.4 Å². The van der Waals surface area contributed by atoms with E-state index in [2.05, 4.69) is 10.3 Å². The van der Waals surface area contributed by atoms with Gasteiger partial charge in [-0.05, 0) is 56.9 Å². The van der Waals surface area contributed by atoms with Gasteiger partial charge in [-0.15, -0.1) is 0 Å². The first-order valence-electron chi connectivity index (χ1n) is 8.98. The van der Waals surface area contributed by atoms with Crippen LogP contribution in [0.5, 0.6) is 0 Å². The van der Waals surface area contributed by atoms with Crippen molar-refractivity contribution >= 4 is 16.9 Å². The fraction of sp³-hybridized carbons (Fsp3) is 0.333. The molecule has 5 nitrogen and oxygen atoms in total. The third-order valence-corrected chi connectivity index (χ3v) is 5.20. The van der Waals surface area contributed by atoms with Gasteiger partial charge in [0.05, 0.1) is 17.6 Å². The van der Waals surface area contributed by atoms with E-state index in [9.17, 15) is 9.90 Å². The normalized spacial score (nSPS) is 23.1. The number of pyridine rings is 1. The zero-order valence-corrected chi connectivity index (χ0v) is 14.7. The zero-order chi connectivity index (χ0) is 18.1. The highest BCUT2D eigenvalue weighted by Gasteiger charge is 2.29. The second-order valence-electron chi connectivity index (χ2n) is 7.31. The highest BCUT2D eigenvalue weighted by Crippen LogP contribution is 2.29. The molecule has 26 heavy (non-hydrogen) atoms. The molecule has 2 N–H and O–H groups in total. The lowest BCUT2D eigenvalue weighted by Gasteiger charge is -2.33. The lowest BCUT2D eigenvalue weighted by atomic mass is 9.83. The van der Waals surface area contributed by atoms with Crippen LogP contribution in [0.1, 0.15) is 43.0 Å². The number of benzene rings is 1. The van der Waals surface area contributed by atoms with E-state index in [1.807, 2.05) is 43.3 Å². The monoisotopic (exact) mass is 350 g/mol. The summed E-state index contributed by atoms with van der Waals surface area (Å²) in [5, 5.41) is 14.1. The topological polar surface area (TPSA) is 75.4 Å². The van der Waals surface area contributed by atoms with Gasteiger partial charge < -0.3 is 14.8 Å². The quantitative estimate of drug-likeness (QED) is 0.751. The van der Waals surface area contributed by atoms with Crippen LogP contribution >= 0.6 is 0 Å². The minimum Gasteiger partial charge on any atom is -0.464 e. The molecule has 1 amide bonds. The average Bonchev–Trinajstić information content (AvgIpc) is 3.12. The molecule has 0 aliphatic heterocycles. The van der Waals surface area contributed by atoms with E-state index >= 15 is 0 Å². The Morgan fingerprint density at radius 1 is 1.19 bits per heavy atom. The molecule has 1 aliphatic carbocycles. The second kappa shape index (κ2) is 6.57. The molecule has 1 fully saturated rings. The molecule has 5 heteroatoms. The van der Waals surface area contributed by atoms with Crippen molar-refractivity contribution in [1.82, 2.24) is 10.3 Å². The molecule has 1 aromatic carbocycles. The summed E-state index contributed by atoms with van der Waals surface area (Å²) in [6.07, 6.45) is 6.43. The summed E-state index contributed by atoms with van der Waals surface area (Å²) in [4.78, 5) is 16.9. The van der Waals surface area contributed by atoms with Gasteiger partial charge in [-0.25, -0.2) is 0 Å². The summed E-state index contributed by atoms with van der Waals surface area (Å²) in [5.74, 6) is -0.0717. The highest BCUT2D eigenvalue weighted by atomic mass is 16.3. The lowest BCUT2D eigenvalue weighted by Crippen LogP contribution is -2.42. The summed E-state index contributed by atoms with van der Waals surface area (Å²) in [6.45, 7) is 1.86. The Morgan fingerprint density at radius 3 is 2.65 bits per heavy atom. The van der Waals surface area contributed by atoms with Crippen molar-refractivity contribution in [2.24, 2.45) is 0 Å². The SMILES string of the molecule is C[C@]1(O)CC[C@@H](NC(=O)c2ccc(-c3nccc4occc34)cc2)CC1. The number of aliphatic hydroxyl groups is 1. The van der Waals surface area contributed by atoms with Gasteiger partial charge in [0, 0.05) is 28.8 Å². The van der Waals surface area contributed by atoms with Crippen LogP contribution in [0, 0.1) is 0 Å². The number of amides is 1. The number of fused-ring (bicyclic) bond motifs is 1. The Morgan fingerprint density at radius 2 is 1.92 bits per heavy atom. The smallest absolute Gasteiger partial charge is 0.251 e. The maximum absolute atomic E-state index is 12.5. The number of nitrogens with one attached hydrogen (secondary N) is 1. The Bertz CT molecular complexity index is 918. The van der Waals surface area contributed by atoms with E-state index in [-0.39, 0.29) is 11.9 Å². The number of aromatic nitrogens is 1. The van der Waals surface area contributed by atoms with Crippen molar-refractivity contribution in [3.63, 3.8) is 0 Å². The summed E-state index contributed by atoms with van der Waals surface area (Å²) < 4.78 is 5.42. The fourth-order valence-corrected chi connectivity index (χ4v) is 3.56. The van der Waals surface area contributed by atoms with Crippen molar-refractivity contribution in [2.45, 2.75) is 44.2 Å². The maximum atomic E-state index is 12.5. The Labute approximate surface area is 152 Å². The van der Waals surface area contributed by atoms with Gasteiger partial charge in [0.2, 0.25) is 0 Å². The van der Waals surface area contributed by atoms with E-state index in [1.165, 1.54) is 0 Å². The zero-order valence-electron chi connectivity index (χ0n) is 14.7. The number of furan rings is 1. The third-order valence-electron chi connectivity index (χ3n) is 5.20. The molecule has 2 heterocycles. The molecule has 0 atom stereocenters. The minimum absolute atomic E-state index is 0.0717. The summed E-state index contributed by atoms with van der Waals surface area (Å²) in [5.41, 5.74) is 2.62. The van der Waals surface area contributed by atoms with Crippen LogP contribution in [-0.2, 0) is 0 Å². The molecular weight excluding hydrogens is 328 g/mol. The largest absolute Gasteiger partial charge is 0.464 e. The lowest BCUT2D eigenvalue weighted by molar-refractivity contribution is 0.0140. The van der Waals surface area contributed by atoms with Gasteiger partial charge in [0.25, 0.3) is 5.91 Å². The molecule has 0 bridgehead atoms. The summed E-state index contributed by atoms with van der Waals surface area (Å²) in [7, 11) is 0. The number of hydrogen-bond acceptors (Lipinski definition) is 4. The van der Waals surface area contributed by atoms with Crippen molar-refractivity contribution in [1.29, 1.82) is 0 Å². The Hall–Kier alpha value is -2.66. The maximum Gasteiger partial charge on any atom is 0.251 e. The standard InChI is InChI=1S/C21H22N2O3/c1-21(25)10-6-16(7-11-21)23-20(24)15-4-2-14(3-5-15)19-17-9-13-26-18(17)8-12-22-19/h2-5,8-9,12-13,16,25H,6-7,10-11H2,1H3,(H,23,24)/t16-,21+. The first-order valence-corrected chi connectivity index (χ1v) is 8.98. The molecule has 0 saturated heterocycles. The summed E-state index contributed by atoms with van der Waals surface area (Å²) >= 11 is 0. The van der Waals surface area contributed by atoms with Gasteiger partial charge in [0.15, 0.2) is 0 Å². The van der Waals surface area contributed by atoms with Crippen LogP contribution in [0.4, 0.5) is 0 Å². The molecule has 2 aromatic heterocycles. The first kappa shape index (κ1) is 16.8. The number of nitrogens with zero attached hydrogens (tertiary/aromatic N) is 1. The van der Waals surface area contributed by atoms with Crippen molar-refractivity contribution in [3.8, 4) is 11.3 Å². The Balaban J connectivity index is 1.48. The number of carbonyl (C=O) groups excluding carboxylic acids is 1. The van der Waals surface area contributed by atoms with E-state index < -0.39 is 5.60 Å². The van der Waals surface area contributed by atoms with Gasteiger partial charge in [0.1, 0.15) is 5.58 Å². The minimum atomic E-state index is -0.593. The molecule has 0 radical (unpaired) electrons. The predicted molar refractivity (Wildman–Crippen MR) is 99.8 cm³/mol. The first-order chi connectivity index (χ1) is 12.5. The molecule has 4 rings (SSSR count). The van der Waals surface area contributed by atoms with Gasteiger partial charge >= 0.3 is 0 Å². The molecule has 0 spiro atoms. The number of hydrogen-bond donors (Lipinski definition) is 2. The molecule has 0 unspecified atom stereocenters. The third kappa shape index (κ3) is 3.35. The molecular formula is C21H22N2O3. The second-order valence-corrected chi connectivity index (χ2v) is 7.31. The van der Waals surface area contributed by atoms with E-state index in [1.54, 1.807) is 12.5 Å². The van der Waals surface area contributed by atoms with E-state index in [4.69, 9.17) is 4.42 Å². The molecule has 1 aliphatic rings. The average molecular weight is 350 g/mol. The van der Waals surface area contributed by atoms with E-state index in [0.717, 1.165) is 47.9 Å². The molecule has 1 saturated carbocycles. The van der Waals surface area contributed by atoms with Crippen LogP contribution in [-0.4, -0.2) is 27.6 Å². The fourth-order valence-electron chi connectivity index (χ4n) is 3.56. The predicted octanol–water partition coefficient (Wildman–Crippen LogP) is 3.92. The van der Waals surface area contributed by atoms with Gasteiger partial charge in [-0.1, -0.05) is 12.1 Å². The van der Waals surface area contributed by atoms with Crippen LogP contribution in [0.15, 0.2) is 53.3 Å². The van der Waals surface area contributed by atoms with Crippen LogP contribution in [0.2, 0.25) is 0 Å². The van der Waals surface area contributed by atoms with Crippen molar-refractivity contribution in [2.75, 3.05) is 0 Å². The highest BCUT2D eigenvalue weighted by molar-refractivity contribution is 5.96. The van der Waals surface area contributed by atoms with Crippen LogP contribution < -0.4 is 5.32 Å². The molecule has 3 aromatic rings. The Kier molecular flexibility index (Phi) is 4.24. The number of carbonyl (C=O) groups is 1. The van der Waals surface area contributed by atoms with Crippen LogP contribution in [0.25, 0.3) is 22.2 Å². The molecule has 134 valence electrons. The van der Waals surface area contributed by atoms with Gasteiger partial charge in [-0.2, -0.15) is 0 Å². The van der Waals surface area contributed by atoms with Crippen LogP contribution in [0.3, 0.4) is 0 Å². The van der Waals surface area contributed by atoms with Gasteiger partial charge in [-0.3, -0.25) is 9.78 Å². The summed E-state index contributed by atoms with van der Waals surface area (Å²) in [6, 6.07) is 11.3. The van der Waals surface area contributed by atoms with E-state index in [0.29, 0.717) is 5.56 Å². The van der Waals surface area contributed by atoms with Crippen molar-refractivity contribution < 1.29 is 14.3 Å².